The van der Waals surface area contributed by atoms with Crippen molar-refractivity contribution in [1.82, 2.24) is 24.4 Å². The Balaban J connectivity index is 1.65. The maximum absolute atomic E-state index is 6.40. The van der Waals surface area contributed by atoms with Crippen LogP contribution in [0.4, 0.5) is 23.0 Å². The summed E-state index contributed by atoms with van der Waals surface area (Å²) in [6.45, 7) is 4.56. The zero-order valence-electron chi connectivity index (χ0n) is 20.7. The van der Waals surface area contributed by atoms with E-state index in [0.717, 1.165) is 42.2 Å². The second-order valence-corrected chi connectivity index (χ2v) is 8.98. The minimum absolute atomic E-state index is 0.418. The molecule has 3 N–H and O–H groups in total. The maximum Gasteiger partial charge on any atom is 0.227 e. The van der Waals surface area contributed by atoms with E-state index in [1.54, 1.807) is 13.3 Å². The third-order valence-corrected chi connectivity index (χ3v) is 6.04. The number of ether oxygens (including phenoxy) is 1. The highest BCUT2D eigenvalue weighted by atomic mass is 35.5. The van der Waals surface area contributed by atoms with Gasteiger partial charge in [0.25, 0.3) is 0 Å². The highest BCUT2D eigenvalue weighted by molar-refractivity contribution is 6.31. The van der Waals surface area contributed by atoms with Crippen LogP contribution in [0, 0.1) is 0 Å². The lowest BCUT2D eigenvalue weighted by molar-refractivity contribution is 0.413. The number of halogens is 1. The highest BCUT2D eigenvalue weighted by Crippen LogP contribution is 2.36. The fourth-order valence-corrected chi connectivity index (χ4v) is 4.10. The predicted octanol–water partition coefficient (Wildman–Crippen LogP) is 4.50. The van der Waals surface area contributed by atoms with Gasteiger partial charge in [0.1, 0.15) is 11.4 Å². The SMILES string of the molecule is CCn1c(-c2ccnc(Nc3cc(N)c(N(C)CCN(C)C)cc3OC)n2)nc2cc(Cl)ccc21. The van der Waals surface area contributed by atoms with Crippen molar-refractivity contribution in [2.45, 2.75) is 13.5 Å². The topological polar surface area (TPSA) is 97.4 Å². The molecule has 4 aromatic rings. The number of imidazole rings is 1. The van der Waals surface area contributed by atoms with Crippen LogP contribution in [0.15, 0.2) is 42.6 Å². The fourth-order valence-electron chi connectivity index (χ4n) is 3.94. The Bertz CT molecular complexity index is 1340. The van der Waals surface area contributed by atoms with Gasteiger partial charge in [0.05, 0.1) is 35.2 Å². The molecule has 0 amide bonds. The highest BCUT2D eigenvalue weighted by Gasteiger charge is 2.16. The lowest BCUT2D eigenvalue weighted by Crippen LogP contribution is -2.29. The van der Waals surface area contributed by atoms with Gasteiger partial charge in [-0.3, -0.25) is 0 Å². The molecule has 0 radical (unpaired) electrons. The molecule has 35 heavy (non-hydrogen) atoms. The third kappa shape index (κ3) is 5.26. The first kappa shape index (κ1) is 24.6. The van der Waals surface area contributed by atoms with Gasteiger partial charge in [0.15, 0.2) is 5.82 Å². The number of nitrogens with one attached hydrogen (secondary N) is 1. The summed E-state index contributed by atoms with van der Waals surface area (Å²) in [6.07, 6.45) is 1.70. The first-order chi connectivity index (χ1) is 16.8. The van der Waals surface area contributed by atoms with E-state index in [2.05, 4.69) is 31.6 Å². The largest absolute Gasteiger partial charge is 0.494 e. The van der Waals surface area contributed by atoms with Crippen LogP contribution in [0.25, 0.3) is 22.6 Å². The normalized spacial score (nSPS) is 11.3. The van der Waals surface area contributed by atoms with Crippen LogP contribution in [0.1, 0.15) is 6.92 Å². The molecule has 9 nitrogen and oxygen atoms in total. The summed E-state index contributed by atoms with van der Waals surface area (Å²) in [5.41, 5.74) is 11.1. The molecule has 0 aliphatic carbocycles. The Labute approximate surface area is 210 Å². The van der Waals surface area contributed by atoms with E-state index >= 15 is 0 Å². The lowest BCUT2D eigenvalue weighted by Gasteiger charge is -2.24. The zero-order chi connectivity index (χ0) is 25.1. The Hall–Kier alpha value is -3.56. The summed E-state index contributed by atoms with van der Waals surface area (Å²) in [7, 11) is 7.74. The van der Waals surface area contributed by atoms with Gasteiger partial charge in [-0.2, -0.15) is 0 Å². The van der Waals surface area contributed by atoms with Crippen molar-refractivity contribution in [1.29, 1.82) is 0 Å². The second kappa shape index (κ2) is 10.4. The molecule has 0 saturated heterocycles. The van der Waals surface area contributed by atoms with Gasteiger partial charge in [-0.1, -0.05) is 11.6 Å². The van der Waals surface area contributed by atoms with Crippen LogP contribution >= 0.6 is 11.6 Å². The molecular formula is C25H31ClN8O. The van der Waals surface area contributed by atoms with Crippen molar-refractivity contribution in [3.8, 4) is 17.3 Å². The van der Waals surface area contributed by atoms with Crippen LogP contribution in [0.3, 0.4) is 0 Å². The van der Waals surface area contributed by atoms with Crippen molar-refractivity contribution < 1.29 is 4.74 Å². The molecule has 4 rings (SSSR count). The minimum atomic E-state index is 0.418. The van der Waals surface area contributed by atoms with E-state index in [4.69, 9.17) is 32.0 Å². The number of hydrogen-bond donors (Lipinski definition) is 2. The minimum Gasteiger partial charge on any atom is -0.494 e. The summed E-state index contributed by atoms with van der Waals surface area (Å²) in [5.74, 6) is 1.82. The van der Waals surface area contributed by atoms with Crippen LogP contribution in [-0.2, 0) is 6.54 Å². The molecule has 10 heteroatoms. The number of rotatable bonds is 9. The van der Waals surface area contributed by atoms with E-state index < -0.39 is 0 Å². The van der Waals surface area contributed by atoms with E-state index in [9.17, 15) is 0 Å². The number of nitrogens with two attached hydrogens (primary N) is 1. The molecule has 0 atom stereocenters. The van der Waals surface area contributed by atoms with E-state index in [0.29, 0.717) is 33.8 Å². The molecule has 0 aliphatic heterocycles. The standard InChI is InChI=1S/C25H31ClN8O/c1-6-34-21-8-7-16(26)13-19(21)29-24(34)18-9-10-28-25(30-18)31-20-14-17(27)22(15-23(20)35-5)33(4)12-11-32(2)3/h7-10,13-15H,6,11-12,27H2,1-5H3,(H,28,30,31). The number of aromatic nitrogens is 4. The summed E-state index contributed by atoms with van der Waals surface area (Å²) >= 11 is 6.18. The molecule has 0 saturated carbocycles. The van der Waals surface area contributed by atoms with Crippen LogP contribution in [0.5, 0.6) is 5.75 Å². The number of aryl methyl sites for hydroxylation is 1. The van der Waals surface area contributed by atoms with Gasteiger partial charge in [0.2, 0.25) is 5.95 Å². The van der Waals surface area contributed by atoms with Gasteiger partial charge in [-0.15, -0.1) is 0 Å². The van der Waals surface area contributed by atoms with Gasteiger partial charge in [-0.05, 0) is 51.4 Å². The molecule has 2 aromatic carbocycles. The summed E-state index contributed by atoms with van der Waals surface area (Å²) in [6, 6.07) is 11.3. The second-order valence-electron chi connectivity index (χ2n) is 8.54. The van der Waals surface area contributed by atoms with Gasteiger partial charge < -0.3 is 30.2 Å². The van der Waals surface area contributed by atoms with Crippen molar-refractivity contribution in [3.05, 3.63) is 47.6 Å². The van der Waals surface area contributed by atoms with Gasteiger partial charge in [0, 0.05) is 44.0 Å². The third-order valence-electron chi connectivity index (χ3n) is 5.80. The summed E-state index contributed by atoms with van der Waals surface area (Å²) in [5, 5.41) is 3.91. The molecule has 0 bridgehead atoms. The average molecular weight is 495 g/mol. The van der Waals surface area contributed by atoms with Gasteiger partial charge >= 0.3 is 0 Å². The first-order valence-corrected chi connectivity index (χ1v) is 11.8. The lowest BCUT2D eigenvalue weighted by atomic mass is 10.2. The maximum atomic E-state index is 6.40. The average Bonchev–Trinajstić information content (AvgIpc) is 3.20. The summed E-state index contributed by atoms with van der Waals surface area (Å²) in [4.78, 5) is 18.1. The fraction of sp³-hybridized carbons (Fsp3) is 0.320. The smallest absolute Gasteiger partial charge is 0.227 e. The quantitative estimate of drug-likeness (QED) is 0.328. The number of benzene rings is 2. The molecule has 2 heterocycles. The van der Waals surface area contributed by atoms with Crippen LogP contribution in [0.2, 0.25) is 5.02 Å². The molecule has 0 fully saturated rings. The number of nitrogen functional groups attached to an aromatic ring is 1. The Kier molecular flexibility index (Phi) is 7.28. The number of anilines is 4. The van der Waals surface area contributed by atoms with E-state index in [-0.39, 0.29) is 0 Å². The van der Waals surface area contributed by atoms with E-state index in [1.807, 2.05) is 57.5 Å². The molecule has 184 valence electrons. The Morgan fingerprint density at radius 3 is 2.60 bits per heavy atom. The van der Waals surface area contributed by atoms with Crippen molar-refractivity contribution in [3.63, 3.8) is 0 Å². The monoisotopic (exact) mass is 494 g/mol. The number of likely N-dealkylation sites (N-methyl/N-ethyl adjacent to an activating group) is 2. The first-order valence-electron chi connectivity index (χ1n) is 11.4. The van der Waals surface area contributed by atoms with Crippen molar-refractivity contribution >= 4 is 45.6 Å². The number of hydrogen-bond acceptors (Lipinski definition) is 8. The Morgan fingerprint density at radius 2 is 1.89 bits per heavy atom. The van der Waals surface area contributed by atoms with Crippen LogP contribution in [-0.4, -0.2) is 65.8 Å². The molecule has 0 spiro atoms. The van der Waals surface area contributed by atoms with Crippen molar-refractivity contribution in [2.24, 2.45) is 0 Å². The molecular weight excluding hydrogens is 464 g/mol. The molecule has 2 aromatic heterocycles. The molecule has 0 aliphatic rings. The predicted molar refractivity (Wildman–Crippen MR) is 144 cm³/mol. The van der Waals surface area contributed by atoms with E-state index in [1.165, 1.54) is 0 Å². The number of nitrogens with zero attached hydrogens (tertiary/aromatic N) is 6. The number of fused-ring (bicyclic) bond motifs is 1. The Morgan fingerprint density at radius 1 is 1.09 bits per heavy atom. The summed E-state index contributed by atoms with van der Waals surface area (Å²) < 4.78 is 7.76. The van der Waals surface area contributed by atoms with Gasteiger partial charge in [-0.25, -0.2) is 15.0 Å². The number of methoxy groups -OCH3 is 1. The molecule has 0 unspecified atom stereocenters. The van der Waals surface area contributed by atoms with Crippen molar-refractivity contribution in [2.75, 3.05) is 57.3 Å². The van der Waals surface area contributed by atoms with Crippen LogP contribution < -0.4 is 20.7 Å². The zero-order valence-corrected chi connectivity index (χ0v) is 21.5.